The van der Waals surface area contributed by atoms with Gasteiger partial charge in [0, 0.05) is 12.4 Å². The number of amides is 2. The molecule has 3 nitrogen and oxygen atoms in total. The lowest BCUT2D eigenvalue weighted by atomic mass is 10.2. The first kappa shape index (κ1) is 10.6. The van der Waals surface area contributed by atoms with Crippen LogP contribution in [0.25, 0.3) is 0 Å². The van der Waals surface area contributed by atoms with E-state index in [9.17, 15) is 4.79 Å². The molecule has 0 atom stereocenters. The molecular weight excluding hydrogens is 164 g/mol. The normalized spacial score (nSPS) is 9.55. The van der Waals surface area contributed by atoms with Gasteiger partial charge in [0.25, 0.3) is 0 Å². The van der Waals surface area contributed by atoms with Gasteiger partial charge >= 0.3 is 6.03 Å². The van der Waals surface area contributed by atoms with Crippen LogP contribution in [0.5, 0.6) is 0 Å². The molecule has 0 aromatic carbocycles. The second-order valence-electron chi connectivity index (χ2n) is 2.39. The van der Waals surface area contributed by atoms with Crippen LogP contribution in [0.1, 0.15) is 25.7 Å². The van der Waals surface area contributed by atoms with Gasteiger partial charge < -0.3 is 11.1 Å². The minimum absolute atomic E-state index is 0.442. The van der Waals surface area contributed by atoms with Crippen LogP contribution in [0.4, 0.5) is 4.79 Å². The summed E-state index contributed by atoms with van der Waals surface area (Å²) in [6.45, 7) is 0.678. The molecule has 0 rings (SSSR count). The van der Waals surface area contributed by atoms with Gasteiger partial charge in [-0.1, -0.05) is 12.8 Å². The molecule has 4 heteroatoms. The average molecular weight is 179 g/mol. The SMILES string of the molecule is NC(=O)NCCCCCCCl. The van der Waals surface area contributed by atoms with Crippen molar-refractivity contribution in [2.45, 2.75) is 25.7 Å². The number of nitrogens with one attached hydrogen (secondary N) is 1. The molecule has 0 aromatic heterocycles. The number of alkyl halides is 1. The van der Waals surface area contributed by atoms with Crippen molar-refractivity contribution in [3.05, 3.63) is 0 Å². The molecule has 0 bridgehead atoms. The van der Waals surface area contributed by atoms with Crippen molar-refractivity contribution in [1.82, 2.24) is 5.32 Å². The van der Waals surface area contributed by atoms with Crippen molar-refractivity contribution in [2.24, 2.45) is 5.73 Å². The maximum atomic E-state index is 10.2. The summed E-state index contributed by atoms with van der Waals surface area (Å²) in [5, 5.41) is 2.53. The van der Waals surface area contributed by atoms with Crippen molar-refractivity contribution in [1.29, 1.82) is 0 Å². The van der Waals surface area contributed by atoms with Crippen LogP contribution in [0.15, 0.2) is 0 Å². The highest BCUT2D eigenvalue weighted by atomic mass is 35.5. The van der Waals surface area contributed by atoms with E-state index in [-0.39, 0.29) is 0 Å². The van der Waals surface area contributed by atoms with Crippen molar-refractivity contribution >= 4 is 17.6 Å². The largest absolute Gasteiger partial charge is 0.352 e. The van der Waals surface area contributed by atoms with E-state index >= 15 is 0 Å². The fourth-order valence-corrected chi connectivity index (χ4v) is 0.974. The van der Waals surface area contributed by atoms with Gasteiger partial charge in [-0.15, -0.1) is 11.6 Å². The molecular formula is C7H15ClN2O. The quantitative estimate of drug-likeness (QED) is 0.470. The molecule has 2 amide bonds. The molecule has 0 aliphatic heterocycles. The maximum Gasteiger partial charge on any atom is 0.312 e. The van der Waals surface area contributed by atoms with Crippen molar-refractivity contribution in [3.63, 3.8) is 0 Å². The van der Waals surface area contributed by atoms with Crippen LogP contribution < -0.4 is 11.1 Å². The average Bonchev–Trinajstić information content (AvgIpc) is 1.96. The predicted molar refractivity (Wildman–Crippen MR) is 46.8 cm³/mol. The number of rotatable bonds is 6. The standard InChI is InChI=1S/C7H15ClN2O/c8-5-3-1-2-4-6-10-7(9)11/h1-6H2,(H3,9,10,11). The van der Waals surface area contributed by atoms with Crippen LogP contribution >= 0.6 is 11.6 Å². The van der Waals surface area contributed by atoms with Gasteiger partial charge in [-0.05, 0) is 12.8 Å². The Morgan fingerprint density at radius 1 is 1.27 bits per heavy atom. The first-order valence-electron chi connectivity index (χ1n) is 3.86. The summed E-state index contributed by atoms with van der Waals surface area (Å²) in [6.07, 6.45) is 4.27. The molecule has 3 N–H and O–H groups in total. The van der Waals surface area contributed by atoms with E-state index in [1.54, 1.807) is 0 Å². The number of primary amides is 1. The van der Waals surface area contributed by atoms with E-state index in [1.807, 2.05) is 0 Å². The number of carbonyl (C=O) groups excluding carboxylic acids is 1. The molecule has 0 spiro atoms. The Kier molecular flexibility index (Phi) is 7.36. The zero-order chi connectivity index (χ0) is 8.53. The lowest BCUT2D eigenvalue weighted by Crippen LogP contribution is -2.29. The van der Waals surface area contributed by atoms with E-state index in [0.717, 1.165) is 31.6 Å². The minimum atomic E-state index is -0.442. The number of halogens is 1. The smallest absolute Gasteiger partial charge is 0.312 e. The summed E-state index contributed by atoms with van der Waals surface area (Å²) in [5.41, 5.74) is 4.86. The van der Waals surface area contributed by atoms with Gasteiger partial charge in [-0.3, -0.25) is 0 Å². The minimum Gasteiger partial charge on any atom is -0.352 e. The summed E-state index contributed by atoms with van der Waals surface area (Å²) < 4.78 is 0. The maximum absolute atomic E-state index is 10.2. The molecule has 0 fully saturated rings. The molecule has 0 heterocycles. The van der Waals surface area contributed by atoms with Crippen molar-refractivity contribution < 1.29 is 4.79 Å². The van der Waals surface area contributed by atoms with Gasteiger partial charge in [-0.25, -0.2) is 4.79 Å². The van der Waals surface area contributed by atoms with E-state index < -0.39 is 6.03 Å². The topological polar surface area (TPSA) is 55.1 Å². The van der Waals surface area contributed by atoms with Gasteiger partial charge in [0.2, 0.25) is 0 Å². The molecule has 0 unspecified atom stereocenters. The Labute approximate surface area is 72.3 Å². The lowest BCUT2D eigenvalue weighted by Gasteiger charge is -1.99. The Morgan fingerprint density at radius 3 is 2.45 bits per heavy atom. The van der Waals surface area contributed by atoms with Crippen LogP contribution in [0, 0.1) is 0 Å². The van der Waals surface area contributed by atoms with Crippen LogP contribution in [0.3, 0.4) is 0 Å². The lowest BCUT2D eigenvalue weighted by molar-refractivity contribution is 0.248. The third-order valence-electron chi connectivity index (χ3n) is 1.36. The molecule has 0 aliphatic rings. The number of urea groups is 1. The van der Waals surface area contributed by atoms with Gasteiger partial charge in [0.05, 0.1) is 0 Å². The molecule has 0 aliphatic carbocycles. The molecule has 0 saturated heterocycles. The van der Waals surface area contributed by atoms with Crippen molar-refractivity contribution in [2.75, 3.05) is 12.4 Å². The summed E-state index contributed by atoms with van der Waals surface area (Å²) in [7, 11) is 0. The highest BCUT2D eigenvalue weighted by Crippen LogP contribution is 1.99. The van der Waals surface area contributed by atoms with Gasteiger partial charge in [0.1, 0.15) is 0 Å². The van der Waals surface area contributed by atoms with Crippen LogP contribution in [0.2, 0.25) is 0 Å². The van der Waals surface area contributed by atoms with E-state index in [0.29, 0.717) is 6.54 Å². The molecule has 66 valence electrons. The van der Waals surface area contributed by atoms with E-state index in [4.69, 9.17) is 17.3 Å². The van der Waals surface area contributed by atoms with Gasteiger partial charge in [0.15, 0.2) is 0 Å². The number of nitrogens with two attached hydrogens (primary N) is 1. The molecule has 11 heavy (non-hydrogen) atoms. The number of carbonyl (C=O) groups is 1. The fourth-order valence-electron chi connectivity index (χ4n) is 0.785. The number of hydrogen-bond acceptors (Lipinski definition) is 1. The van der Waals surface area contributed by atoms with E-state index in [1.165, 1.54) is 0 Å². The summed E-state index contributed by atoms with van der Waals surface area (Å²) >= 11 is 5.48. The zero-order valence-corrected chi connectivity index (χ0v) is 7.36. The van der Waals surface area contributed by atoms with Crippen LogP contribution in [-0.2, 0) is 0 Å². The molecule has 0 saturated carbocycles. The fraction of sp³-hybridized carbons (Fsp3) is 0.857. The Morgan fingerprint density at radius 2 is 1.91 bits per heavy atom. The predicted octanol–water partition coefficient (Wildman–Crippen LogP) is 1.45. The number of hydrogen-bond donors (Lipinski definition) is 2. The van der Waals surface area contributed by atoms with E-state index in [2.05, 4.69) is 5.32 Å². The van der Waals surface area contributed by atoms with Crippen LogP contribution in [-0.4, -0.2) is 18.5 Å². The highest BCUT2D eigenvalue weighted by Gasteiger charge is 1.91. The Balaban J connectivity index is 2.85. The molecule has 0 radical (unpaired) electrons. The summed E-state index contributed by atoms with van der Waals surface area (Å²) in [5.74, 6) is 0.725. The second kappa shape index (κ2) is 7.66. The van der Waals surface area contributed by atoms with Crippen molar-refractivity contribution in [3.8, 4) is 0 Å². The summed E-state index contributed by atoms with van der Waals surface area (Å²) in [6, 6.07) is -0.442. The first-order valence-corrected chi connectivity index (χ1v) is 4.40. The number of unbranched alkanes of at least 4 members (excludes halogenated alkanes) is 3. The second-order valence-corrected chi connectivity index (χ2v) is 2.77. The third-order valence-corrected chi connectivity index (χ3v) is 1.63. The Bertz CT molecular complexity index is 109. The molecule has 0 aromatic rings. The summed E-state index contributed by atoms with van der Waals surface area (Å²) in [4.78, 5) is 10.2. The van der Waals surface area contributed by atoms with Gasteiger partial charge in [-0.2, -0.15) is 0 Å². The highest BCUT2D eigenvalue weighted by molar-refractivity contribution is 6.17. The third kappa shape index (κ3) is 9.56. The Hall–Kier alpha value is -0.440. The zero-order valence-electron chi connectivity index (χ0n) is 6.61. The first-order chi connectivity index (χ1) is 5.27. The monoisotopic (exact) mass is 178 g/mol.